The molecule has 0 spiro atoms. The lowest BCUT2D eigenvalue weighted by Gasteiger charge is -2.27. The summed E-state index contributed by atoms with van der Waals surface area (Å²) < 4.78 is 5.69. The predicted molar refractivity (Wildman–Crippen MR) is 74.4 cm³/mol. The van der Waals surface area contributed by atoms with Crippen LogP contribution < -0.4 is 10.5 Å². The van der Waals surface area contributed by atoms with Crippen molar-refractivity contribution in [2.24, 2.45) is 11.7 Å². The van der Waals surface area contributed by atoms with Crippen LogP contribution in [0.5, 0.6) is 5.75 Å². The number of ether oxygens (including phenoxy) is 1. The van der Waals surface area contributed by atoms with E-state index in [0.29, 0.717) is 6.10 Å². The van der Waals surface area contributed by atoms with Crippen molar-refractivity contribution in [3.63, 3.8) is 0 Å². The Balaban J connectivity index is 1.68. The second-order valence-corrected chi connectivity index (χ2v) is 5.76. The van der Waals surface area contributed by atoms with Gasteiger partial charge in [-0.1, -0.05) is 12.8 Å². The molecule has 3 heteroatoms. The number of carbonyl (C=O) groups excluding carboxylic acids is 1. The van der Waals surface area contributed by atoms with E-state index >= 15 is 0 Å². The van der Waals surface area contributed by atoms with Crippen LogP contribution in [0.25, 0.3) is 0 Å². The first-order valence-electron chi connectivity index (χ1n) is 7.30. The number of hydrogen-bond acceptors (Lipinski definition) is 3. The molecular formula is C16H21NO2. The van der Waals surface area contributed by atoms with Gasteiger partial charge in [0.05, 0.1) is 6.10 Å². The van der Waals surface area contributed by atoms with Crippen molar-refractivity contribution in [2.45, 2.75) is 50.7 Å². The Bertz CT molecular complexity index is 450. The van der Waals surface area contributed by atoms with Gasteiger partial charge in [0.25, 0.3) is 0 Å². The Morgan fingerprint density at radius 3 is 2.37 bits per heavy atom. The van der Waals surface area contributed by atoms with E-state index < -0.39 is 0 Å². The van der Waals surface area contributed by atoms with Gasteiger partial charge in [0.1, 0.15) is 5.75 Å². The van der Waals surface area contributed by atoms with Gasteiger partial charge < -0.3 is 10.5 Å². The highest BCUT2D eigenvalue weighted by molar-refractivity contribution is 5.98. The minimum absolute atomic E-state index is 0.00366. The lowest BCUT2D eigenvalue weighted by atomic mass is 9.80. The van der Waals surface area contributed by atoms with Crippen LogP contribution in [0.3, 0.4) is 0 Å². The number of hydrogen-bond donors (Lipinski definition) is 1. The van der Waals surface area contributed by atoms with E-state index in [9.17, 15) is 4.79 Å². The first-order chi connectivity index (χ1) is 9.24. The smallest absolute Gasteiger partial charge is 0.167 e. The molecule has 3 nitrogen and oxygen atoms in total. The molecule has 1 aromatic rings. The van der Waals surface area contributed by atoms with Crippen LogP contribution >= 0.6 is 0 Å². The van der Waals surface area contributed by atoms with Crippen LogP contribution in [-0.4, -0.2) is 17.9 Å². The minimum atomic E-state index is 0.00366. The molecule has 0 bridgehead atoms. The SMILES string of the molecule is NC1CCCCC1C(=O)c1ccc(OC2CC2)cc1. The Morgan fingerprint density at radius 1 is 1.05 bits per heavy atom. The van der Waals surface area contributed by atoms with E-state index in [-0.39, 0.29) is 17.7 Å². The first kappa shape index (κ1) is 12.7. The molecule has 19 heavy (non-hydrogen) atoms. The topological polar surface area (TPSA) is 52.3 Å². The Kier molecular flexibility index (Phi) is 3.56. The monoisotopic (exact) mass is 259 g/mol. The van der Waals surface area contributed by atoms with Crippen LogP contribution in [0, 0.1) is 5.92 Å². The van der Waals surface area contributed by atoms with Crippen LogP contribution in [-0.2, 0) is 0 Å². The fourth-order valence-electron chi connectivity index (χ4n) is 2.78. The standard InChI is InChI=1S/C16H21NO2/c17-15-4-2-1-3-14(15)16(18)11-5-7-12(8-6-11)19-13-9-10-13/h5-8,13-15H,1-4,9-10,17H2. The average Bonchev–Trinajstić information content (AvgIpc) is 3.23. The summed E-state index contributed by atoms with van der Waals surface area (Å²) >= 11 is 0. The quantitative estimate of drug-likeness (QED) is 0.846. The summed E-state index contributed by atoms with van der Waals surface area (Å²) in [6.07, 6.45) is 6.87. The summed E-state index contributed by atoms with van der Waals surface area (Å²) in [6.45, 7) is 0. The Labute approximate surface area is 114 Å². The van der Waals surface area contributed by atoms with E-state index in [4.69, 9.17) is 10.5 Å². The van der Waals surface area contributed by atoms with Crippen molar-refractivity contribution in [1.82, 2.24) is 0 Å². The third-order valence-corrected chi connectivity index (χ3v) is 4.12. The Hall–Kier alpha value is -1.35. The van der Waals surface area contributed by atoms with Crippen molar-refractivity contribution < 1.29 is 9.53 Å². The van der Waals surface area contributed by atoms with Crippen LogP contribution in [0.1, 0.15) is 48.9 Å². The van der Waals surface area contributed by atoms with Gasteiger partial charge in [-0.15, -0.1) is 0 Å². The molecule has 1 aromatic carbocycles. The molecule has 0 heterocycles. The zero-order valence-corrected chi connectivity index (χ0v) is 11.2. The van der Waals surface area contributed by atoms with Crippen LogP contribution in [0.15, 0.2) is 24.3 Å². The summed E-state index contributed by atoms with van der Waals surface area (Å²) in [7, 11) is 0. The number of Topliss-reactive ketones (excluding diaryl/α,β-unsaturated/α-hetero) is 1. The largest absolute Gasteiger partial charge is 0.490 e. The summed E-state index contributed by atoms with van der Waals surface area (Å²) in [5.41, 5.74) is 6.84. The van der Waals surface area contributed by atoms with Crippen molar-refractivity contribution in [1.29, 1.82) is 0 Å². The first-order valence-corrected chi connectivity index (χ1v) is 7.30. The molecule has 2 aliphatic rings. The van der Waals surface area contributed by atoms with Gasteiger partial charge in [-0.05, 0) is 49.9 Å². The maximum Gasteiger partial charge on any atom is 0.167 e. The number of benzene rings is 1. The maximum atomic E-state index is 12.4. The van der Waals surface area contributed by atoms with E-state index in [1.807, 2.05) is 24.3 Å². The summed E-state index contributed by atoms with van der Waals surface area (Å²) in [4.78, 5) is 12.4. The van der Waals surface area contributed by atoms with Crippen molar-refractivity contribution in [3.05, 3.63) is 29.8 Å². The maximum absolute atomic E-state index is 12.4. The van der Waals surface area contributed by atoms with Gasteiger partial charge in [0.15, 0.2) is 5.78 Å². The highest BCUT2D eigenvalue weighted by Gasteiger charge is 2.29. The summed E-state index contributed by atoms with van der Waals surface area (Å²) in [5, 5.41) is 0. The molecule has 2 saturated carbocycles. The molecule has 2 N–H and O–H groups in total. The molecule has 3 rings (SSSR count). The van der Waals surface area contributed by atoms with Crippen molar-refractivity contribution in [3.8, 4) is 5.75 Å². The zero-order chi connectivity index (χ0) is 13.2. The van der Waals surface area contributed by atoms with Gasteiger partial charge in [-0.25, -0.2) is 0 Å². The zero-order valence-electron chi connectivity index (χ0n) is 11.2. The van der Waals surface area contributed by atoms with Crippen molar-refractivity contribution in [2.75, 3.05) is 0 Å². The van der Waals surface area contributed by atoms with E-state index in [1.165, 1.54) is 0 Å². The molecule has 0 amide bonds. The molecule has 0 aromatic heterocycles. The number of nitrogens with two attached hydrogens (primary N) is 1. The van der Waals surface area contributed by atoms with Gasteiger partial charge in [-0.3, -0.25) is 4.79 Å². The molecule has 2 fully saturated rings. The molecule has 102 valence electrons. The average molecular weight is 259 g/mol. The molecule has 2 aliphatic carbocycles. The van der Waals surface area contributed by atoms with Crippen LogP contribution in [0.2, 0.25) is 0 Å². The van der Waals surface area contributed by atoms with E-state index in [0.717, 1.165) is 49.8 Å². The summed E-state index contributed by atoms with van der Waals surface area (Å²) in [5.74, 6) is 1.07. The normalized spacial score (nSPS) is 27.0. The number of rotatable bonds is 4. The van der Waals surface area contributed by atoms with Gasteiger partial charge in [0, 0.05) is 17.5 Å². The molecule has 0 saturated heterocycles. The Morgan fingerprint density at radius 2 is 1.74 bits per heavy atom. The lowest BCUT2D eigenvalue weighted by molar-refractivity contribution is 0.0871. The number of ketones is 1. The third kappa shape index (κ3) is 2.98. The molecular weight excluding hydrogens is 238 g/mol. The lowest BCUT2D eigenvalue weighted by Crippen LogP contribution is -2.38. The van der Waals surface area contributed by atoms with E-state index in [1.54, 1.807) is 0 Å². The fourth-order valence-corrected chi connectivity index (χ4v) is 2.78. The fraction of sp³-hybridized carbons (Fsp3) is 0.562. The third-order valence-electron chi connectivity index (χ3n) is 4.12. The minimum Gasteiger partial charge on any atom is -0.490 e. The molecule has 2 atom stereocenters. The highest BCUT2D eigenvalue weighted by atomic mass is 16.5. The predicted octanol–water partition coefficient (Wildman–Crippen LogP) is 2.93. The molecule has 0 aliphatic heterocycles. The molecule has 0 radical (unpaired) electrons. The number of carbonyl (C=O) groups is 1. The van der Waals surface area contributed by atoms with Gasteiger partial charge in [-0.2, -0.15) is 0 Å². The second kappa shape index (κ2) is 5.33. The van der Waals surface area contributed by atoms with Crippen LogP contribution in [0.4, 0.5) is 0 Å². The highest BCUT2D eigenvalue weighted by Crippen LogP contribution is 2.29. The van der Waals surface area contributed by atoms with Gasteiger partial charge >= 0.3 is 0 Å². The summed E-state index contributed by atoms with van der Waals surface area (Å²) in [6, 6.07) is 7.59. The second-order valence-electron chi connectivity index (χ2n) is 5.76. The van der Waals surface area contributed by atoms with Crippen molar-refractivity contribution >= 4 is 5.78 Å². The van der Waals surface area contributed by atoms with E-state index in [2.05, 4.69) is 0 Å². The van der Waals surface area contributed by atoms with Gasteiger partial charge in [0.2, 0.25) is 0 Å². The molecule has 2 unspecified atom stereocenters.